The third-order valence-corrected chi connectivity index (χ3v) is 4.26. The van der Waals surface area contributed by atoms with E-state index in [4.69, 9.17) is 0 Å². The largest absolute Gasteiger partial charge is 0.310 e. The van der Waals surface area contributed by atoms with Crippen LogP contribution < -0.4 is 4.90 Å². The maximum absolute atomic E-state index is 12.1. The molecule has 1 aliphatic heterocycles. The van der Waals surface area contributed by atoms with E-state index in [-0.39, 0.29) is 5.91 Å². The van der Waals surface area contributed by atoms with Gasteiger partial charge in [0.2, 0.25) is 5.91 Å². The van der Waals surface area contributed by atoms with Crippen LogP contribution in [0.2, 0.25) is 0 Å². The van der Waals surface area contributed by atoms with Gasteiger partial charge in [-0.1, -0.05) is 28.1 Å². The molecule has 98 valence electrons. The topological polar surface area (TPSA) is 38.1 Å². The molecule has 2 aromatic rings. The van der Waals surface area contributed by atoms with Gasteiger partial charge < -0.3 is 4.90 Å². The van der Waals surface area contributed by atoms with Crippen LogP contribution in [0.4, 0.5) is 5.69 Å². The molecule has 19 heavy (non-hydrogen) atoms. The minimum Gasteiger partial charge on any atom is -0.310 e. The zero-order chi connectivity index (χ0) is 13.2. The van der Waals surface area contributed by atoms with E-state index in [1.807, 2.05) is 41.4 Å². The zero-order valence-corrected chi connectivity index (χ0v) is 12.0. The van der Waals surface area contributed by atoms with Crippen molar-refractivity contribution in [3.63, 3.8) is 0 Å². The van der Waals surface area contributed by atoms with Gasteiger partial charge >= 0.3 is 0 Å². The molecule has 0 aliphatic carbocycles. The molecule has 2 heterocycles. The number of rotatable bonds is 3. The maximum Gasteiger partial charge on any atom is 0.227 e. The summed E-state index contributed by atoms with van der Waals surface area (Å²) in [5.41, 5.74) is 1.87. The number of amides is 1. The Hall–Kier alpha value is -1.62. The number of hydrogen-bond donors (Lipinski definition) is 0. The molecule has 5 heteroatoms. The Morgan fingerprint density at radius 2 is 2.05 bits per heavy atom. The van der Waals surface area contributed by atoms with Crippen LogP contribution in [0.5, 0.6) is 0 Å². The molecule has 1 aliphatic rings. The molecule has 0 bridgehead atoms. The molecule has 1 amide bonds. The van der Waals surface area contributed by atoms with Gasteiger partial charge in [0.15, 0.2) is 0 Å². The highest BCUT2D eigenvalue weighted by molar-refractivity contribution is 9.09. The van der Waals surface area contributed by atoms with Crippen LogP contribution in [-0.4, -0.2) is 27.6 Å². The van der Waals surface area contributed by atoms with E-state index in [1.54, 1.807) is 10.9 Å². The summed E-state index contributed by atoms with van der Waals surface area (Å²) in [6.45, 7) is 0.766. The highest BCUT2D eigenvalue weighted by Gasteiger charge is 2.31. The molecule has 0 radical (unpaired) electrons. The standard InChI is InChI=1S/C14H14BrN3O/c15-9-11-8-14(19)17(10-11)12-4-1-2-5-13(12)18-7-3-6-16-18/h1-7,11H,8-10H2. The lowest BCUT2D eigenvalue weighted by Gasteiger charge is -2.20. The third kappa shape index (κ3) is 2.30. The molecular formula is C14H14BrN3O. The molecule has 0 saturated carbocycles. The van der Waals surface area contributed by atoms with Crippen molar-refractivity contribution in [3.8, 4) is 5.69 Å². The number of nitrogens with zero attached hydrogens (tertiary/aromatic N) is 3. The molecular weight excluding hydrogens is 306 g/mol. The Labute approximate surface area is 120 Å². The van der Waals surface area contributed by atoms with Crippen LogP contribution >= 0.6 is 15.9 Å². The van der Waals surface area contributed by atoms with Crippen LogP contribution in [-0.2, 0) is 4.79 Å². The number of halogens is 1. The fraction of sp³-hybridized carbons (Fsp3) is 0.286. The van der Waals surface area contributed by atoms with Crippen molar-refractivity contribution in [2.75, 3.05) is 16.8 Å². The van der Waals surface area contributed by atoms with Gasteiger partial charge in [-0.15, -0.1) is 0 Å². The predicted octanol–water partition coefficient (Wildman–Crippen LogP) is 2.62. The Morgan fingerprint density at radius 1 is 1.26 bits per heavy atom. The molecule has 1 saturated heterocycles. The molecule has 4 nitrogen and oxygen atoms in total. The summed E-state index contributed by atoms with van der Waals surface area (Å²) in [5, 5.41) is 5.11. The van der Waals surface area contributed by atoms with Gasteiger partial charge in [0, 0.05) is 30.7 Å². The van der Waals surface area contributed by atoms with Crippen molar-refractivity contribution in [3.05, 3.63) is 42.7 Å². The quantitative estimate of drug-likeness (QED) is 0.816. The summed E-state index contributed by atoms with van der Waals surface area (Å²) < 4.78 is 1.80. The number of carbonyl (C=O) groups excluding carboxylic acids is 1. The lowest BCUT2D eigenvalue weighted by atomic mass is 10.2. The molecule has 0 N–H and O–H groups in total. The van der Waals surface area contributed by atoms with E-state index in [0.717, 1.165) is 23.2 Å². The van der Waals surface area contributed by atoms with Crippen LogP contribution in [0, 0.1) is 5.92 Å². The van der Waals surface area contributed by atoms with Gasteiger partial charge in [0.05, 0.1) is 11.4 Å². The molecule has 1 unspecified atom stereocenters. The van der Waals surface area contributed by atoms with Gasteiger partial charge in [0.25, 0.3) is 0 Å². The van der Waals surface area contributed by atoms with Crippen LogP contribution in [0.3, 0.4) is 0 Å². The van der Waals surface area contributed by atoms with E-state index >= 15 is 0 Å². The first-order valence-electron chi connectivity index (χ1n) is 6.25. The second kappa shape index (κ2) is 5.17. The van der Waals surface area contributed by atoms with Crippen molar-refractivity contribution >= 4 is 27.5 Å². The Kier molecular flexibility index (Phi) is 3.38. The van der Waals surface area contributed by atoms with Crippen LogP contribution in [0.1, 0.15) is 6.42 Å². The number of carbonyl (C=O) groups is 1. The lowest BCUT2D eigenvalue weighted by molar-refractivity contribution is -0.117. The van der Waals surface area contributed by atoms with Crippen molar-refractivity contribution < 1.29 is 4.79 Å². The summed E-state index contributed by atoms with van der Waals surface area (Å²) in [7, 11) is 0. The second-order valence-corrected chi connectivity index (χ2v) is 5.32. The van der Waals surface area contributed by atoms with Gasteiger partial charge in [0.1, 0.15) is 0 Å². The molecule has 0 spiro atoms. The van der Waals surface area contributed by atoms with Gasteiger partial charge in [-0.2, -0.15) is 5.10 Å². The van der Waals surface area contributed by atoms with Gasteiger partial charge in [-0.3, -0.25) is 4.79 Å². The van der Waals surface area contributed by atoms with Crippen LogP contribution in [0.15, 0.2) is 42.7 Å². The van der Waals surface area contributed by atoms with E-state index in [2.05, 4.69) is 21.0 Å². The number of aromatic nitrogens is 2. The second-order valence-electron chi connectivity index (χ2n) is 4.67. The average molecular weight is 320 g/mol. The molecule has 1 aromatic carbocycles. The predicted molar refractivity (Wildman–Crippen MR) is 77.8 cm³/mol. The van der Waals surface area contributed by atoms with E-state index in [9.17, 15) is 4.79 Å². The van der Waals surface area contributed by atoms with E-state index in [0.29, 0.717) is 12.3 Å². The number of para-hydroxylation sites is 2. The van der Waals surface area contributed by atoms with Crippen molar-refractivity contribution in [2.45, 2.75) is 6.42 Å². The first-order chi connectivity index (χ1) is 9.29. The highest BCUT2D eigenvalue weighted by Crippen LogP contribution is 2.30. The van der Waals surface area contributed by atoms with Crippen molar-refractivity contribution in [1.29, 1.82) is 0 Å². The van der Waals surface area contributed by atoms with Gasteiger partial charge in [-0.05, 0) is 24.1 Å². The van der Waals surface area contributed by atoms with Gasteiger partial charge in [-0.25, -0.2) is 4.68 Å². The monoisotopic (exact) mass is 319 g/mol. The minimum absolute atomic E-state index is 0.184. The molecule has 1 fully saturated rings. The Balaban J connectivity index is 2.00. The van der Waals surface area contributed by atoms with Crippen molar-refractivity contribution in [2.24, 2.45) is 5.92 Å². The van der Waals surface area contributed by atoms with Crippen LogP contribution in [0.25, 0.3) is 5.69 Å². The molecule has 1 aromatic heterocycles. The Morgan fingerprint density at radius 3 is 2.68 bits per heavy atom. The zero-order valence-electron chi connectivity index (χ0n) is 10.4. The summed E-state index contributed by atoms with van der Waals surface area (Å²) >= 11 is 3.46. The summed E-state index contributed by atoms with van der Waals surface area (Å²) in [6.07, 6.45) is 4.24. The normalized spacial score (nSPS) is 19.1. The third-order valence-electron chi connectivity index (χ3n) is 3.35. The smallest absolute Gasteiger partial charge is 0.227 e. The number of hydrogen-bond acceptors (Lipinski definition) is 2. The summed E-state index contributed by atoms with van der Waals surface area (Å²) in [5.74, 6) is 0.572. The molecule has 3 rings (SSSR count). The summed E-state index contributed by atoms with van der Waals surface area (Å²) in [4.78, 5) is 14.0. The first kappa shape index (κ1) is 12.4. The first-order valence-corrected chi connectivity index (χ1v) is 7.37. The fourth-order valence-corrected chi connectivity index (χ4v) is 2.85. The highest BCUT2D eigenvalue weighted by atomic mass is 79.9. The number of alkyl halides is 1. The average Bonchev–Trinajstić information content (AvgIpc) is 3.08. The number of anilines is 1. The lowest BCUT2D eigenvalue weighted by Crippen LogP contribution is -2.26. The Bertz CT molecular complexity index is 582. The SMILES string of the molecule is O=C1CC(CBr)CN1c1ccccc1-n1cccn1. The molecule has 1 atom stereocenters. The van der Waals surface area contributed by atoms with E-state index < -0.39 is 0 Å². The minimum atomic E-state index is 0.184. The van der Waals surface area contributed by atoms with E-state index in [1.165, 1.54) is 0 Å². The summed E-state index contributed by atoms with van der Waals surface area (Å²) in [6, 6.07) is 9.76. The van der Waals surface area contributed by atoms with Crippen molar-refractivity contribution in [1.82, 2.24) is 9.78 Å². The fourth-order valence-electron chi connectivity index (χ4n) is 2.42. The number of benzene rings is 1. The maximum atomic E-state index is 12.1.